The second kappa shape index (κ2) is 3.46. The van der Waals surface area contributed by atoms with Crippen LogP contribution in [-0.2, 0) is 0 Å². The average molecular weight is 177 g/mol. The van der Waals surface area contributed by atoms with Gasteiger partial charge in [0.2, 0.25) is 0 Å². The van der Waals surface area contributed by atoms with Gasteiger partial charge in [0.15, 0.2) is 0 Å². The van der Waals surface area contributed by atoms with E-state index >= 15 is 0 Å². The molecule has 1 N–H and O–H groups in total. The van der Waals surface area contributed by atoms with Crippen molar-refractivity contribution in [1.82, 2.24) is 15.4 Å². The molecule has 1 heterocycles. The highest BCUT2D eigenvalue weighted by molar-refractivity contribution is 7.55. The zero-order valence-corrected chi connectivity index (χ0v) is 7.36. The number of rotatable bonds is 2. The van der Waals surface area contributed by atoms with Crippen LogP contribution in [0.25, 0.3) is 0 Å². The molecule has 3 nitrogen and oxygen atoms in total. The largest absolute Gasteiger partial charge is 0.197 e. The van der Waals surface area contributed by atoms with Gasteiger partial charge in [-0.1, -0.05) is 30.3 Å². The number of hydrogen-bond acceptors (Lipinski definition) is 2. The van der Waals surface area contributed by atoms with E-state index in [9.17, 15) is 0 Å². The molecule has 0 bridgehead atoms. The molecule has 2 aromatic rings. The van der Waals surface area contributed by atoms with Gasteiger partial charge in [0, 0.05) is 0 Å². The first kappa shape index (κ1) is 7.44. The number of benzene rings is 1. The van der Waals surface area contributed by atoms with E-state index in [1.54, 1.807) is 6.20 Å². The van der Waals surface area contributed by atoms with Crippen LogP contribution in [0.4, 0.5) is 0 Å². The summed E-state index contributed by atoms with van der Waals surface area (Å²) in [5.74, 6) is 0. The third-order valence-electron chi connectivity index (χ3n) is 1.46. The summed E-state index contributed by atoms with van der Waals surface area (Å²) in [6, 6.07) is 10.3. The van der Waals surface area contributed by atoms with Crippen LogP contribution in [0.2, 0.25) is 0 Å². The fourth-order valence-electron chi connectivity index (χ4n) is 0.931. The summed E-state index contributed by atoms with van der Waals surface area (Å²) in [6.07, 6.45) is 1.76. The van der Waals surface area contributed by atoms with Crippen molar-refractivity contribution in [3.8, 4) is 0 Å². The van der Waals surface area contributed by atoms with Crippen LogP contribution in [-0.4, -0.2) is 15.4 Å². The Morgan fingerprint density at radius 3 is 2.67 bits per heavy atom. The van der Waals surface area contributed by atoms with Crippen molar-refractivity contribution in [1.29, 1.82) is 0 Å². The smallest absolute Gasteiger partial charge is 0.106 e. The van der Waals surface area contributed by atoms with Gasteiger partial charge < -0.3 is 0 Å². The third kappa shape index (κ3) is 1.69. The fraction of sp³-hybridized carbons (Fsp3) is 0. The lowest BCUT2D eigenvalue weighted by atomic mass is 10.4. The van der Waals surface area contributed by atoms with E-state index in [2.05, 4.69) is 27.5 Å². The van der Waals surface area contributed by atoms with Crippen molar-refractivity contribution in [2.75, 3.05) is 0 Å². The average Bonchev–Trinajstić information content (AvgIpc) is 2.59. The van der Waals surface area contributed by atoms with Crippen molar-refractivity contribution in [3.63, 3.8) is 0 Å². The lowest BCUT2D eigenvalue weighted by Crippen LogP contribution is -2.03. The summed E-state index contributed by atoms with van der Waals surface area (Å²) in [5.41, 5.74) is 1.00. The molecule has 0 aliphatic carbocycles. The van der Waals surface area contributed by atoms with Gasteiger partial charge in [-0.25, -0.2) is 0 Å². The summed E-state index contributed by atoms with van der Waals surface area (Å²) in [5, 5.41) is 11.6. The molecule has 0 spiro atoms. The summed E-state index contributed by atoms with van der Waals surface area (Å²) >= 11 is 0. The Kier molecular flexibility index (Phi) is 2.14. The van der Waals surface area contributed by atoms with E-state index in [0.717, 1.165) is 5.44 Å². The fourth-order valence-corrected chi connectivity index (χ4v) is 1.82. The minimum absolute atomic E-state index is 0.596. The van der Waals surface area contributed by atoms with Crippen LogP contribution in [0.1, 0.15) is 0 Å². The molecule has 1 unspecified atom stereocenters. The zero-order valence-electron chi connectivity index (χ0n) is 6.36. The molecule has 0 amide bonds. The molecule has 1 aromatic heterocycles. The first-order valence-electron chi connectivity index (χ1n) is 3.63. The standard InChI is InChI=1S/C8H8N3P/c1-2-4-7(5-3-1)12-8-6-9-11-10-8/h1-6,12H,(H,9,10,11). The summed E-state index contributed by atoms with van der Waals surface area (Å²) in [4.78, 5) is 0. The monoisotopic (exact) mass is 177 g/mol. The van der Waals surface area contributed by atoms with E-state index in [-0.39, 0.29) is 0 Å². The molecule has 1 aromatic carbocycles. The van der Waals surface area contributed by atoms with E-state index in [1.165, 1.54) is 5.30 Å². The highest BCUT2D eigenvalue weighted by atomic mass is 31.1. The van der Waals surface area contributed by atoms with Gasteiger partial charge in [-0.05, 0) is 13.9 Å². The Balaban J connectivity index is 2.15. The van der Waals surface area contributed by atoms with Crippen LogP contribution >= 0.6 is 8.58 Å². The predicted molar refractivity (Wildman–Crippen MR) is 50.4 cm³/mol. The SMILES string of the molecule is c1ccc(Pc2cn[nH]n2)cc1. The minimum atomic E-state index is 0.596. The lowest BCUT2D eigenvalue weighted by molar-refractivity contribution is 0.947. The second-order valence-corrected chi connectivity index (χ2v) is 3.69. The van der Waals surface area contributed by atoms with E-state index in [1.807, 2.05) is 18.2 Å². The van der Waals surface area contributed by atoms with Crippen LogP contribution in [0.5, 0.6) is 0 Å². The van der Waals surface area contributed by atoms with Crippen LogP contribution in [0.3, 0.4) is 0 Å². The molecule has 4 heteroatoms. The van der Waals surface area contributed by atoms with E-state index in [0.29, 0.717) is 8.58 Å². The molecular formula is C8H8N3P. The molecule has 0 saturated heterocycles. The quantitative estimate of drug-likeness (QED) is 0.676. The summed E-state index contributed by atoms with van der Waals surface area (Å²) in [6.45, 7) is 0. The van der Waals surface area contributed by atoms with Gasteiger partial charge >= 0.3 is 0 Å². The summed E-state index contributed by atoms with van der Waals surface area (Å²) < 4.78 is 0. The maximum Gasteiger partial charge on any atom is 0.106 e. The molecule has 1 atom stereocenters. The molecule has 2 rings (SSSR count). The van der Waals surface area contributed by atoms with Gasteiger partial charge in [0.25, 0.3) is 0 Å². The second-order valence-electron chi connectivity index (χ2n) is 2.35. The number of aromatic amines is 1. The third-order valence-corrected chi connectivity index (χ3v) is 2.58. The number of H-pyrrole nitrogens is 1. The molecule has 0 aliphatic rings. The van der Waals surface area contributed by atoms with Crippen LogP contribution in [0.15, 0.2) is 36.5 Å². The minimum Gasteiger partial charge on any atom is -0.197 e. The Morgan fingerprint density at radius 1 is 1.17 bits per heavy atom. The number of nitrogens with zero attached hydrogens (tertiary/aromatic N) is 2. The maximum atomic E-state index is 3.99. The number of aromatic nitrogens is 3. The molecule has 0 fully saturated rings. The molecule has 0 radical (unpaired) electrons. The molecule has 60 valence electrons. The molecule has 12 heavy (non-hydrogen) atoms. The first-order valence-corrected chi connectivity index (χ1v) is 4.63. The maximum absolute atomic E-state index is 3.99. The van der Waals surface area contributed by atoms with E-state index < -0.39 is 0 Å². The lowest BCUT2D eigenvalue weighted by Gasteiger charge is -1.94. The van der Waals surface area contributed by atoms with Gasteiger partial charge in [-0.3, -0.25) is 0 Å². The van der Waals surface area contributed by atoms with Crippen molar-refractivity contribution in [3.05, 3.63) is 36.5 Å². The van der Waals surface area contributed by atoms with Crippen LogP contribution in [0, 0.1) is 0 Å². The summed E-state index contributed by atoms with van der Waals surface area (Å²) in [7, 11) is 0.596. The zero-order chi connectivity index (χ0) is 8.23. The van der Waals surface area contributed by atoms with Crippen molar-refractivity contribution in [2.45, 2.75) is 0 Å². The highest BCUT2D eigenvalue weighted by Crippen LogP contribution is 2.05. The number of nitrogens with one attached hydrogen (secondary N) is 1. The molecule has 0 aliphatic heterocycles. The van der Waals surface area contributed by atoms with Crippen LogP contribution < -0.4 is 10.7 Å². The van der Waals surface area contributed by atoms with Gasteiger partial charge in [0.1, 0.15) is 5.44 Å². The first-order chi connectivity index (χ1) is 5.95. The Morgan fingerprint density at radius 2 is 2.00 bits per heavy atom. The van der Waals surface area contributed by atoms with Crippen molar-refractivity contribution < 1.29 is 0 Å². The van der Waals surface area contributed by atoms with Crippen molar-refractivity contribution >= 4 is 19.3 Å². The highest BCUT2D eigenvalue weighted by Gasteiger charge is 1.96. The molecular weight excluding hydrogens is 169 g/mol. The number of hydrogen-bond donors (Lipinski definition) is 1. The van der Waals surface area contributed by atoms with Crippen molar-refractivity contribution in [2.24, 2.45) is 0 Å². The Labute approximate surface area is 72.0 Å². The molecule has 0 saturated carbocycles. The normalized spacial score (nSPS) is 11.0. The van der Waals surface area contributed by atoms with E-state index in [4.69, 9.17) is 0 Å². The van der Waals surface area contributed by atoms with Gasteiger partial charge in [0.05, 0.1) is 6.20 Å². The van der Waals surface area contributed by atoms with Gasteiger partial charge in [-0.2, -0.15) is 15.4 Å². The topological polar surface area (TPSA) is 41.6 Å². The predicted octanol–water partition coefficient (Wildman–Crippen LogP) is 0.434. The Bertz CT molecular complexity index is 330. The van der Waals surface area contributed by atoms with Gasteiger partial charge in [-0.15, -0.1) is 0 Å². The Hall–Kier alpha value is -1.21.